The molecule has 0 saturated heterocycles. The summed E-state index contributed by atoms with van der Waals surface area (Å²) >= 11 is 0. The number of para-hydroxylation sites is 2. The molecule has 31 heavy (non-hydrogen) atoms. The normalized spacial score (nSPS) is 12.1. The summed E-state index contributed by atoms with van der Waals surface area (Å²) in [6, 6.07) is 24.1. The van der Waals surface area contributed by atoms with E-state index in [1.54, 1.807) is 18.2 Å². The molecule has 0 spiro atoms. The molecule has 0 bridgehead atoms. The van der Waals surface area contributed by atoms with Crippen LogP contribution >= 0.6 is 0 Å². The van der Waals surface area contributed by atoms with Crippen LogP contribution in [0.15, 0.2) is 83.7 Å². The summed E-state index contributed by atoms with van der Waals surface area (Å²) in [5, 5.41) is 10.8. The van der Waals surface area contributed by atoms with E-state index in [1.807, 2.05) is 60.7 Å². The van der Waals surface area contributed by atoms with Gasteiger partial charge in [0, 0.05) is 5.39 Å². The minimum atomic E-state index is -0.449. The molecule has 3 N–H and O–H groups in total. The number of aromatic nitrogens is 4. The SMILES string of the molecule is O=C(Cc1n[nH]c(=O)c2ccccc12)NC(c1ccccc1)c1nc2ccccc2[nH]1. The third-order valence-electron chi connectivity index (χ3n) is 5.22. The molecule has 3 aromatic carbocycles. The second-order valence-electron chi connectivity index (χ2n) is 7.27. The molecule has 1 atom stereocenters. The van der Waals surface area contributed by atoms with Crippen LogP contribution < -0.4 is 10.9 Å². The standard InChI is InChI=1S/C24H19N5O2/c30-21(14-20-16-10-4-5-11-17(16)24(31)29-28-20)27-22(15-8-2-1-3-9-15)23-25-18-12-6-7-13-19(18)26-23/h1-13,22H,14H2,(H,25,26)(H,27,30)(H,29,31). The van der Waals surface area contributed by atoms with Crippen molar-refractivity contribution in [2.75, 3.05) is 0 Å². The number of fused-ring (bicyclic) bond motifs is 2. The predicted molar refractivity (Wildman–Crippen MR) is 119 cm³/mol. The van der Waals surface area contributed by atoms with Gasteiger partial charge in [-0.25, -0.2) is 10.1 Å². The topological polar surface area (TPSA) is 104 Å². The van der Waals surface area contributed by atoms with Crippen LogP contribution in [0.5, 0.6) is 0 Å². The van der Waals surface area contributed by atoms with Crippen molar-refractivity contribution in [3.05, 3.63) is 106 Å². The maximum Gasteiger partial charge on any atom is 0.272 e. The Morgan fingerprint density at radius 1 is 0.903 bits per heavy atom. The highest BCUT2D eigenvalue weighted by molar-refractivity contribution is 5.88. The van der Waals surface area contributed by atoms with Crippen molar-refractivity contribution in [1.82, 2.24) is 25.5 Å². The van der Waals surface area contributed by atoms with Crippen molar-refractivity contribution in [1.29, 1.82) is 0 Å². The van der Waals surface area contributed by atoms with Crippen LogP contribution in [-0.4, -0.2) is 26.1 Å². The lowest BCUT2D eigenvalue weighted by Crippen LogP contribution is -2.32. The van der Waals surface area contributed by atoms with Gasteiger partial charge in [-0.3, -0.25) is 9.59 Å². The third-order valence-corrected chi connectivity index (χ3v) is 5.22. The number of hydrogen-bond acceptors (Lipinski definition) is 4. The van der Waals surface area contributed by atoms with Gasteiger partial charge in [0.2, 0.25) is 5.91 Å². The van der Waals surface area contributed by atoms with Crippen molar-refractivity contribution in [3.63, 3.8) is 0 Å². The van der Waals surface area contributed by atoms with Gasteiger partial charge in [-0.15, -0.1) is 0 Å². The number of carbonyl (C=O) groups excluding carboxylic acids is 1. The van der Waals surface area contributed by atoms with Crippen molar-refractivity contribution in [2.45, 2.75) is 12.5 Å². The first-order chi connectivity index (χ1) is 15.2. The van der Waals surface area contributed by atoms with E-state index >= 15 is 0 Å². The van der Waals surface area contributed by atoms with Crippen LogP contribution in [-0.2, 0) is 11.2 Å². The van der Waals surface area contributed by atoms with E-state index in [4.69, 9.17) is 0 Å². The van der Waals surface area contributed by atoms with E-state index in [-0.39, 0.29) is 17.9 Å². The second kappa shape index (κ2) is 7.87. The Bertz CT molecular complexity index is 1410. The van der Waals surface area contributed by atoms with Gasteiger partial charge >= 0.3 is 0 Å². The van der Waals surface area contributed by atoms with E-state index in [0.717, 1.165) is 16.6 Å². The first kappa shape index (κ1) is 18.7. The van der Waals surface area contributed by atoms with Gasteiger partial charge in [0.1, 0.15) is 11.9 Å². The van der Waals surface area contributed by atoms with Gasteiger partial charge in [0.05, 0.1) is 28.5 Å². The molecule has 2 aromatic heterocycles. The minimum absolute atomic E-state index is 0.0286. The minimum Gasteiger partial charge on any atom is -0.342 e. The number of benzene rings is 3. The monoisotopic (exact) mass is 409 g/mol. The molecule has 2 heterocycles. The Kier molecular flexibility index (Phi) is 4.76. The molecule has 5 rings (SSSR count). The molecule has 0 aliphatic heterocycles. The zero-order chi connectivity index (χ0) is 21.2. The first-order valence-corrected chi connectivity index (χ1v) is 9.94. The Hall–Kier alpha value is -4.26. The Labute approximate surface area is 177 Å². The molecule has 7 nitrogen and oxygen atoms in total. The molecule has 0 radical (unpaired) electrons. The fraction of sp³-hybridized carbons (Fsp3) is 0.0833. The molecule has 0 saturated carbocycles. The highest BCUT2D eigenvalue weighted by Crippen LogP contribution is 2.23. The van der Waals surface area contributed by atoms with Gasteiger partial charge in [-0.1, -0.05) is 60.7 Å². The quantitative estimate of drug-likeness (QED) is 0.414. The number of nitrogens with one attached hydrogen (secondary N) is 3. The van der Waals surface area contributed by atoms with Crippen LogP contribution in [0.1, 0.15) is 23.1 Å². The highest BCUT2D eigenvalue weighted by atomic mass is 16.1. The zero-order valence-corrected chi connectivity index (χ0v) is 16.5. The van der Waals surface area contributed by atoms with Crippen LogP contribution in [0.2, 0.25) is 0 Å². The molecule has 5 aromatic rings. The number of H-pyrrole nitrogens is 2. The van der Waals surface area contributed by atoms with E-state index in [1.165, 1.54) is 0 Å². The summed E-state index contributed by atoms with van der Waals surface area (Å²) in [5.74, 6) is 0.430. The Morgan fingerprint density at radius 2 is 1.61 bits per heavy atom. The number of aromatic amines is 2. The molecular weight excluding hydrogens is 390 g/mol. The maximum absolute atomic E-state index is 13.0. The average molecular weight is 409 g/mol. The van der Waals surface area contributed by atoms with Gasteiger partial charge in [0.15, 0.2) is 0 Å². The fourth-order valence-electron chi connectivity index (χ4n) is 3.73. The second-order valence-corrected chi connectivity index (χ2v) is 7.27. The van der Waals surface area contributed by atoms with E-state index in [2.05, 4.69) is 25.5 Å². The molecule has 7 heteroatoms. The number of amides is 1. The van der Waals surface area contributed by atoms with Gasteiger partial charge < -0.3 is 10.3 Å². The molecule has 0 aliphatic carbocycles. The van der Waals surface area contributed by atoms with Crippen molar-refractivity contribution in [2.24, 2.45) is 0 Å². The number of imidazole rings is 1. The Balaban J connectivity index is 1.48. The molecule has 0 aliphatic rings. The lowest BCUT2D eigenvalue weighted by Gasteiger charge is -2.17. The van der Waals surface area contributed by atoms with Crippen LogP contribution in [0.25, 0.3) is 21.8 Å². The maximum atomic E-state index is 13.0. The summed E-state index contributed by atoms with van der Waals surface area (Å²) in [4.78, 5) is 33.0. The summed E-state index contributed by atoms with van der Waals surface area (Å²) in [5.41, 5.74) is 2.89. The van der Waals surface area contributed by atoms with Gasteiger partial charge in [-0.2, -0.15) is 5.10 Å². The van der Waals surface area contributed by atoms with E-state index < -0.39 is 6.04 Å². The predicted octanol–water partition coefficient (Wildman–Crippen LogP) is 3.25. The van der Waals surface area contributed by atoms with E-state index in [9.17, 15) is 9.59 Å². The molecule has 1 unspecified atom stereocenters. The number of nitrogens with zero attached hydrogens (tertiary/aromatic N) is 2. The number of carbonyl (C=O) groups is 1. The lowest BCUT2D eigenvalue weighted by atomic mass is 10.1. The highest BCUT2D eigenvalue weighted by Gasteiger charge is 2.21. The molecule has 0 fully saturated rings. The molecule has 152 valence electrons. The number of hydrogen-bond donors (Lipinski definition) is 3. The summed E-state index contributed by atoms with van der Waals surface area (Å²) < 4.78 is 0. The molecule has 1 amide bonds. The third kappa shape index (κ3) is 3.69. The lowest BCUT2D eigenvalue weighted by molar-refractivity contribution is -0.121. The Morgan fingerprint density at radius 3 is 2.42 bits per heavy atom. The number of rotatable bonds is 5. The summed E-state index contributed by atoms with van der Waals surface area (Å²) in [7, 11) is 0. The summed E-state index contributed by atoms with van der Waals surface area (Å²) in [6.07, 6.45) is 0.0286. The summed E-state index contributed by atoms with van der Waals surface area (Å²) in [6.45, 7) is 0. The average Bonchev–Trinajstić information content (AvgIpc) is 3.24. The smallest absolute Gasteiger partial charge is 0.272 e. The first-order valence-electron chi connectivity index (χ1n) is 9.94. The van der Waals surface area contributed by atoms with Crippen LogP contribution in [0.3, 0.4) is 0 Å². The van der Waals surface area contributed by atoms with Crippen molar-refractivity contribution < 1.29 is 4.79 Å². The van der Waals surface area contributed by atoms with Crippen molar-refractivity contribution in [3.8, 4) is 0 Å². The van der Waals surface area contributed by atoms with Crippen LogP contribution in [0.4, 0.5) is 0 Å². The van der Waals surface area contributed by atoms with Gasteiger partial charge in [-0.05, 0) is 23.8 Å². The fourth-order valence-corrected chi connectivity index (χ4v) is 3.73. The van der Waals surface area contributed by atoms with Crippen molar-refractivity contribution >= 4 is 27.7 Å². The van der Waals surface area contributed by atoms with E-state index in [0.29, 0.717) is 22.3 Å². The van der Waals surface area contributed by atoms with Crippen LogP contribution in [0, 0.1) is 0 Å². The zero-order valence-electron chi connectivity index (χ0n) is 16.5. The largest absolute Gasteiger partial charge is 0.342 e. The molecular formula is C24H19N5O2. The van der Waals surface area contributed by atoms with Gasteiger partial charge in [0.25, 0.3) is 5.56 Å².